The van der Waals surface area contributed by atoms with Gasteiger partial charge >= 0.3 is 0 Å². The molecule has 1 heteroatoms. The molecule has 1 atom stereocenters. The van der Waals surface area contributed by atoms with Crippen molar-refractivity contribution in [3.05, 3.63) is 0 Å². The van der Waals surface area contributed by atoms with Gasteiger partial charge in [-0.2, -0.15) is 0 Å². The normalized spacial score (nSPS) is 14.3. The van der Waals surface area contributed by atoms with E-state index in [2.05, 4.69) is 21.7 Å². The van der Waals surface area contributed by atoms with Gasteiger partial charge in [-0.15, -0.1) is 0 Å². The second-order valence-electron chi connectivity index (χ2n) is 1.92. The van der Waals surface area contributed by atoms with E-state index in [-0.39, 0.29) is 0 Å². The molecule has 0 fully saturated rings. The molecule has 0 amide bonds. The topological polar surface area (TPSA) is 0 Å². The van der Waals surface area contributed by atoms with Crippen LogP contribution in [0.25, 0.3) is 0 Å². The molecule has 36 valence electrons. The molecule has 0 nitrogen and oxygen atoms in total. The Hall–Kier alpha value is 0.0649. The van der Waals surface area contributed by atoms with Gasteiger partial charge in [0.2, 0.25) is 0 Å². The van der Waals surface area contributed by atoms with Crippen LogP contribution >= 0.6 is 0 Å². The first kappa shape index (κ1) is 6.06. The van der Waals surface area contributed by atoms with Crippen LogP contribution in [0.2, 0.25) is 6.32 Å². The van der Waals surface area contributed by atoms with Crippen LogP contribution in [0.3, 0.4) is 0 Å². The number of hydrogen-bond donors (Lipinski definition) is 0. The van der Waals surface area contributed by atoms with Crippen molar-refractivity contribution in [2.75, 3.05) is 0 Å². The molecule has 0 aliphatic carbocycles. The Balaban J connectivity index is 2.75. The fourth-order valence-electron chi connectivity index (χ4n) is 0.289. The maximum absolute atomic E-state index is 2.28. The summed E-state index contributed by atoms with van der Waals surface area (Å²) < 4.78 is 0. The van der Waals surface area contributed by atoms with Gasteiger partial charge < -0.3 is 0 Å². The van der Waals surface area contributed by atoms with Crippen molar-refractivity contribution >= 4 is 7.85 Å². The van der Waals surface area contributed by atoms with E-state index >= 15 is 0 Å². The van der Waals surface area contributed by atoms with E-state index in [1.165, 1.54) is 12.7 Å². The molecule has 0 saturated heterocycles. The largest absolute Gasteiger partial charge is 0.101 e. The third-order valence-corrected chi connectivity index (χ3v) is 1.39. The molecule has 0 aromatic carbocycles. The molecule has 6 heavy (non-hydrogen) atoms. The summed E-state index contributed by atoms with van der Waals surface area (Å²) in [6.45, 7) is 4.51. The summed E-state index contributed by atoms with van der Waals surface area (Å²) in [6, 6.07) is 0. The van der Waals surface area contributed by atoms with Gasteiger partial charge in [-0.1, -0.05) is 32.5 Å². The lowest BCUT2D eigenvalue weighted by atomic mass is 9.91. The predicted octanol–water partition coefficient (Wildman–Crippen LogP) is 1.08. The molecular weight excluding hydrogens is 70.9 g/mol. The molecule has 0 aromatic heterocycles. The first-order valence-electron chi connectivity index (χ1n) is 2.81. The van der Waals surface area contributed by atoms with Crippen LogP contribution in [0.4, 0.5) is 0 Å². The fraction of sp³-hybridized carbons (Fsp3) is 1.00. The van der Waals surface area contributed by atoms with Crippen molar-refractivity contribution in [3.8, 4) is 0 Å². The quantitative estimate of drug-likeness (QED) is 0.439. The highest BCUT2D eigenvalue weighted by atomic mass is 13.9. The first-order chi connectivity index (χ1) is 2.81. The van der Waals surface area contributed by atoms with Crippen LogP contribution in [0.15, 0.2) is 0 Å². The molecular formula is C5H13B. The molecule has 0 aliphatic rings. The molecule has 0 rings (SSSR count). The molecule has 0 aliphatic heterocycles. The Morgan fingerprint density at radius 2 is 2.17 bits per heavy atom. The van der Waals surface area contributed by atoms with Crippen molar-refractivity contribution in [1.82, 2.24) is 0 Å². The summed E-state index contributed by atoms with van der Waals surface area (Å²) in [5, 5.41) is 0. The van der Waals surface area contributed by atoms with Gasteiger partial charge in [-0.3, -0.25) is 0 Å². The molecule has 0 heterocycles. The Morgan fingerprint density at radius 1 is 1.67 bits per heavy atom. The van der Waals surface area contributed by atoms with Gasteiger partial charge in [0.15, 0.2) is 0 Å². The maximum atomic E-state index is 2.28. The molecule has 0 N–H and O–H groups in total. The zero-order valence-electron chi connectivity index (χ0n) is 4.99. The number of rotatable bonds is 2. The number of hydrogen-bond acceptors (Lipinski definition) is 0. The summed E-state index contributed by atoms with van der Waals surface area (Å²) in [7, 11) is 2.23. The van der Waals surface area contributed by atoms with E-state index in [9.17, 15) is 0 Å². The van der Waals surface area contributed by atoms with Crippen molar-refractivity contribution in [3.63, 3.8) is 0 Å². The van der Waals surface area contributed by atoms with E-state index in [1.54, 1.807) is 0 Å². The minimum absolute atomic E-state index is 0.935. The standard InChI is InChI=1S/C5H13B/c1-3-5(2)4-6/h5H,3-4,6H2,1-2H3. The minimum Gasteiger partial charge on any atom is -0.0786 e. The molecule has 1 unspecified atom stereocenters. The highest BCUT2D eigenvalue weighted by Gasteiger charge is 1.88. The van der Waals surface area contributed by atoms with E-state index in [0.717, 1.165) is 5.92 Å². The van der Waals surface area contributed by atoms with E-state index in [1.807, 2.05) is 0 Å². The third-order valence-electron chi connectivity index (χ3n) is 1.39. The van der Waals surface area contributed by atoms with Crippen LogP contribution < -0.4 is 0 Å². The van der Waals surface area contributed by atoms with Gasteiger partial charge in [-0.25, -0.2) is 0 Å². The van der Waals surface area contributed by atoms with Gasteiger partial charge in [0.05, 0.1) is 0 Å². The summed E-state index contributed by atoms with van der Waals surface area (Å²) in [5.41, 5.74) is 0. The third kappa shape index (κ3) is 2.31. The van der Waals surface area contributed by atoms with Crippen molar-refractivity contribution < 1.29 is 0 Å². The SMILES string of the molecule is BCC(C)CC. The molecule has 0 aromatic rings. The second-order valence-corrected chi connectivity index (χ2v) is 1.92. The van der Waals surface area contributed by atoms with Crippen LogP contribution in [0.1, 0.15) is 20.3 Å². The van der Waals surface area contributed by atoms with Crippen molar-refractivity contribution in [1.29, 1.82) is 0 Å². The lowest BCUT2D eigenvalue weighted by Gasteiger charge is -1.98. The van der Waals surface area contributed by atoms with Crippen molar-refractivity contribution in [2.45, 2.75) is 26.6 Å². The summed E-state index contributed by atoms with van der Waals surface area (Å²) in [5.74, 6) is 0.935. The monoisotopic (exact) mass is 84.1 g/mol. The Kier molecular flexibility index (Phi) is 3.30. The fourth-order valence-corrected chi connectivity index (χ4v) is 0.289. The van der Waals surface area contributed by atoms with Gasteiger partial charge in [0, 0.05) is 0 Å². The lowest BCUT2D eigenvalue weighted by Crippen LogP contribution is -1.87. The Labute approximate surface area is 41.4 Å². The summed E-state index contributed by atoms with van der Waals surface area (Å²) in [6.07, 6.45) is 2.66. The Bertz CT molecular complexity index is 23.1. The zero-order chi connectivity index (χ0) is 4.99. The van der Waals surface area contributed by atoms with Gasteiger partial charge in [0.1, 0.15) is 7.85 Å². The predicted molar refractivity (Wildman–Crippen MR) is 32.8 cm³/mol. The maximum Gasteiger partial charge on any atom is 0.101 e. The average molecular weight is 84.0 g/mol. The van der Waals surface area contributed by atoms with Gasteiger partial charge in [-0.05, 0) is 0 Å². The molecule has 0 spiro atoms. The second kappa shape index (κ2) is 3.26. The molecule has 0 saturated carbocycles. The van der Waals surface area contributed by atoms with Crippen LogP contribution in [-0.2, 0) is 0 Å². The highest BCUT2D eigenvalue weighted by molar-refractivity contribution is 6.08. The van der Waals surface area contributed by atoms with Crippen LogP contribution in [0, 0.1) is 5.92 Å². The van der Waals surface area contributed by atoms with Crippen molar-refractivity contribution in [2.24, 2.45) is 5.92 Å². The van der Waals surface area contributed by atoms with E-state index in [0.29, 0.717) is 0 Å². The molecule has 0 bridgehead atoms. The smallest absolute Gasteiger partial charge is 0.0786 e. The van der Waals surface area contributed by atoms with Crippen LogP contribution in [0.5, 0.6) is 0 Å². The van der Waals surface area contributed by atoms with E-state index in [4.69, 9.17) is 0 Å². The minimum atomic E-state index is 0.935. The summed E-state index contributed by atoms with van der Waals surface area (Å²) in [4.78, 5) is 0. The van der Waals surface area contributed by atoms with Crippen LogP contribution in [-0.4, -0.2) is 7.85 Å². The Morgan fingerprint density at radius 3 is 2.17 bits per heavy atom. The first-order valence-corrected chi connectivity index (χ1v) is 2.81. The average Bonchev–Trinajstić information content (AvgIpc) is 1.65. The lowest BCUT2D eigenvalue weighted by molar-refractivity contribution is 0.625. The zero-order valence-corrected chi connectivity index (χ0v) is 4.99. The molecule has 0 radical (unpaired) electrons. The summed E-state index contributed by atoms with van der Waals surface area (Å²) >= 11 is 0. The van der Waals surface area contributed by atoms with Gasteiger partial charge in [0.25, 0.3) is 0 Å². The highest BCUT2D eigenvalue weighted by Crippen LogP contribution is 2.01. The van der Waals surface area contributed by atoms with E-state index < -0.39 is 0 Å².